The van der Waals surface area contributed by atoms with Gasteiger partial charge in [0.25, 0.3) is 0 Å². The molecule has 0 saturated heterocycles. The van der Waals surface area contributed by atoms with Gasteiger partial charge in [-0.15, -0.1) is 0 Å². The molecule has 0 unspecified atom stereocenters. The standard InChI is InChI=1S/C12H14N2O/c1-4-6-7-8-11(5-2)14-12(15)10(3)9-13-14/h4-9,15H,1-2H2,3H3/b7-6-,11-8+. The lowest BCUT2D eigenvalue weighted by molar-refractivity contribution is 0.433. The van der Waals surface area contributed by atoms with Gasteiger partial charge < -0.3 is 5.11 Å². The average Bonchev–Trinajstić information content (AvgIpc) is 2.56. The van der Waals surface area contributed by atoms with Gasteiger partial charge in [-0.2, -0.15) is 5.10 Å². The smallest absolute Gasteiger partial charge is 0.217 e. The quantitative estimate of drug-likeness (QED) is 0.762. The minimum Gasteiger partial charge on any atom is -0.493 e. The highest BCUT2D eigenvalue weighted by molar-refractivity contribution is 5.59. The SMILES string of the molecule is C=C/C=C\C=C(/C=C)n1ncc(C)c1O. The number of hydrogen-bond donors (Lipinski definition) is 1. The monoisotopic (exact) mass is 202 g/mol. The summed E-state index contributed by atoms with van der Waals surface area (Å²) >= 11 is 0. The Kier molecular flexibility index (Phi) is 3.68. The van der Waals surface area contributed by atoms with Crippen molar-refractivity contribution in [2.45, 2.75) is 6.92 Å². The first-order chi connectivity index (χ1) is 7.20. The molecule has 15 heavy (non-hydrogen) atoms. The maximum Gasteiger partial charge on any atom is 0.217 e. The number of nitrogens with zero attached hydrogens (tertiary/aromatic N) is 2. The third-order valence-electron chi connectivity index (χ3n) is 1.89. The number of allylic oxidation sites excluding steroid dienone is 6. The summed E-state index contributed by atoms with van der Waals surface area (Å²) in [6, 6.07) is 0. The fraction of sp³-hybridized carbons (Fsp3) is 0.0833. The first-order valence-electron chi connectivity index (χ1n) is 4.56. The molecule has 0 aliphatic carbocycles. The van der Waals surface area contributed by atoms with Gasteiger partial charge in [0.05, 0.1) is 11.9 Å². The first kappa shape index (κ1) is 11.0. The second-order valence-electron chi connectivity index (χ2n) is 2.98. The summed E-state index contributed by atoms with van der Waals surface area (Å²) in [7, 11) is 0. The predicted molar refractivity (Wildman–Crippen MR) is 62.4 cm³/mol. The topological polar surface area (TPSA) is 38.0 Å². The molecule has 3 heteroatoms. The van der Waals surface area contributed by atoms with Crippen LogP contribution in [0.25, 0.3) is 5.70 Å². The van der Waals surface area contributed by atoms with Crippen molar-refractivity contribution >= 4 is 5.70 Å². The summed E-state index contributed by atoms with van der Waals surface area (Å²) in [5, 5.41) is 13.7. The van der Waals surface area contributed by atoms with Crippen LogP contribution in [-0.2, 0) is 0 Å². The zero-order chi connectivity index (χ0) is 11.3. The molecular formula is C12H14N2O. The van der Waals surface area contributed by atoms with Crippen molar-refractivity contribution in [2.75, 3.05) is 0 Å². The van der Waals surface area contributed by atoms with Crippen LogP contribution < -0.4 is 0 Å². The molecule has 0 fully saturated rings. The highest BCUT2D eigenvalue weighted by atomic mass is 16.3. The van der Waals surface area contributed by atoms with Crippen LogP contribution in [0.3, 0.4) is 0 Å². The van der Waals surface area contributed by atoms with Crippen LogP contribution in [0.1, 0.15) is 5.56 Å². The van der Waals surface area contributed by atoms with Crippen LogP contribution in [0.15, 0.2) is 49.7 Å². The molecule has 0 amide bonds. The molecule has 78 valence electrons. The van der Waals surface area contributed by atoms with Crippen LogP contribution >= 0.6 is 0 Å². The summed E-state index contributed by atoms with van der Waals surface area (Å²) in [6.07, 6.45) is 10.3. The van der Waals surface area contributed by atoms with Crippen LogP contribution in [-0.4, -0.2) is 14.9 Å². The maximum absolute atomic E-state index is 9.66. The number of rotatable bonds is 4. The Bertz CT molecular complexity index is 425. The molecule has 0 aromatic carbocycles. The van der Waals surface area contributed by atoms with E-state index < -0.39 is 0 Å². The van der Waals surface area contributed by atoms with E-state index in [4.69, 9.17) is 0 Å². The van der Waals surface area contributed by atoms with Gasteiger partial charge in [-0.1, -0.05) is 31.4 Å². The Labute approximate surface area is 89.4 Å². The average molecular weight is 202 g/mol. The number of hydrogen-bond acceptors (Lipinski definition) is 2. The highest BCUT2D eigenvalue weighted by Gasteiger charge is 2.06. The third kappa shape index (κ3) is 2.47. The largest absolute Gasteiger partial charge is 0.493 e. The Hall–Kier alpha value is -2.03. The molecule has 0 aliphatic heterocycles. The van der Waals surface area contributed by atoms with Gasteiger partial charge in [0, 0.05) is 5.56 Å². The van der Waals surface area contributed by atoms with Gasteiger partial charge in [-0.3, -0.25) is 0 Å². The molecule has 1 heterocycles. The zero-order valence-electron chi connectivity index (χ0n) is 8.72. The van der Waals surface area contributed by atoms with Crippen molar-refractivity contribution in [1.82, 2.24) is 9.78 Å². The molecule has 3 nitrogen and oxygen atoms in total. The Morgan fingerprint density at radius 3 is 2.67 bits per heavy atom. The first-order valence-corrected chi connectivity index (χ1v) is 4.56. The van der Waals surface area contributed by atoms with Gasteiger partial charge in [-0.05, 0) is 19.1 Å². The Morgan fingerprint density at radius 1 is 1.47 bits per heavy atom. The van der Waals surface area contributed by atoms with Crippen LogP contribution in [0, 0.1) is 6.92 Å². The van der Waals surface area contributed by atoms with E-state index in [-0.39, 0.29) is 5.88 Å². The van der Waals surface area contributed by atoms with Crippen LogP contribution in [0.5, 0.6) is 5.88 Å². The van der Waals surface area contributed by atoms with E-state index in [1.54, 1.807) is 43.5 Å². The Balaban J connectivity index is 3.07. The predicted octanol–water partition coefficient (Wildman–Crippen LogP) is 2.67. The maximum atomic E-state index is 9.66. The van der Waals surface area contributed by atoms with Crippen molar-refractivity contribution in [3.8, 4) is 5.88 Å². The van der Waals surface area contributed by atoms with Gasteiger partial charge in [-0.25, -0.2) is 4.68 Å². The van der Waals surface area contributed by atoms with Crippen molar-refractivity contribution in [1.29, 1.82) is 0 Å². The third-order valence-corrected chi connectivity index (χ3v) is 1.89. The molecule has 1 aromatic rings. The number of aromatic hydroxyl groups is 1. The summed E-state index contributed by atoms with van der Waals surface area (Å²) in [5.74, 6) is 0.133. The number of aryl methyl sites for hydroxylation is 1. The molecule has 1 aromatic heterocycles. The Morgan fingerprint density at radius 2 is 2.20 bits per heavy atom. The number of aromatic nitrogens is 2. The minimum absolute atomic E-state index is 0.133. The fourth-order valence-electron chi connectivity index (χ4n) is 1.07. The van der Waals surface area contributed by atoms with E-state index in [2.05, 4.69) is 18.3 Å². The molecule has 1 rings (SSSR count). The summed E-state index contributed by atoms with van der Waals surface area (Å²) in [5.41, 5.74) is 1.44. The van der Waals surface area contributed by atoms with Crippen molar-refractivity contribution in [3.05, 3.63) is 55.3 Å². The van der Waals surface area contributed by atoms with E-state index in [1.807, 2.05) is 0 Å². The second-order valence-corrected chi connectivity index (χ2v) is 2.98. The molecule has 0 atom stereocenters. The second kappa shape index (κ2) is 5.00. The van der Waals surface area contributed by atoms with Gasteiger partial charge in [0.2, 0.25) is 5.88 Å². The lowest BCUT2D eigenvalue weighted by Crippen LogP contribution is -1.95. The fourth-order valence-corrected chi connectivity index (χ4v) is 1.07. The zero-order valence-corrected chi connectivity index (χ0v) is 8.72. The van der Waals surface area contributed by atoms with Crippen LogP contribution in [0.4, 0.5) is 0 Å². The van der Waals surface area contributed by atoms with E-state index >= 15 is 0 Å². The molecule has 0 spiro atoms. The van der Waals surface area contributed by atoms with Crippen LogP contribution in [0.2, 0.25) is 0 Å². The van der Waals surface area contributed by atoms with E-state index in [1.165, 1.54) is 4.68 Å². The summed E-state index contributed by atoms with van der Waals surface area (Å²) in [6.45, 7) is 9.02. The van der Waals surface area contributed by atoms with Gasteiger partial charge >= 0.3 is 0 Å². The van der Waals surface area contributed by atoms with Crippen molar-refractivity contribution < 1.29 is 5.11 Å². The summed E-state index contributed by atoms with van der Waals surface area (Å²) < 4.78 is 1.43. The van der Waals surface area contributed by atoms with Crippen molar-refractivity contribution in [2.24, 2.45) is 0 Å². The molecular weight excluding hydrogens is 188 g/mol. The lowest BCUT2D eigenvalue weighted by Gasteiger charge is -2.02. The van der Waals surface area contributed by atoms with E-state index in [0.717, 1.165) is 5.56 Å². The normalized spacial score (nSPS) is 11.9. The van der Waals surface area contributed by atoms with E-state index in [0.29, 0.717) is 5.70 Å². The highest BCUT2D eigenvalue weighted by Crippen LogP contribution is 2.19. The molecule has 0 radical (unpaired) electrons. The van der Waals surface area contributed by atoms with Gasteiger partial charge in [0.1, 0.15) is 0 Å². The van der Waals surface area contributed by atoms with E-state index in [9.17, 15) is 5.11 Å². The molecule has 0 bridgehead atoms. The molecule has 1 N–H and O–H groups in total. The lowest BCUT2D eigenvalue weighted by atomic mass is 10.3. The van der Waals surface area contributed by atoms with Gasteiger partial charge in [0.15, 0.2) is 0 Å². The minimum atomic E-state index is 0.133. The summed E-state index contributed by atoms with van der Waals surface area (Å²) in [4.78, 5) is 0. The van der Waals surface area contributed by atoms with Crippen molar-refractivity contribution in [3.63, 3.8) is 0 Å². The molecule has 0 aliphatic rings. The molecule has 0 saturated carbocycles.